The molecule has 3 rings (SSSR count). The summed E-state index contributed by atoms with van der Waals surface area (Å²) < 4.78 is 0. The van der Waals surface area contributed by atoms with Gasteiger partial charge in [-0.25, -0.2) is 4.98 Å². The van der Waals surface area contributed by atoms with Gasteiger partial charge in [-0.15, -0.1) is 0 Å². The Morgan fingerprint density at radius 1 is 1.17 bits per heavy atom. The first-order valence-corrected chi connectivity index (χ1v) is 8.23. The van der Waals surface area contributed by atoms with E-state index in [-0.39, 0.29) is 0 Å². The molecule has 2 aromatic heterocycles. The minimum absolute atomic E-state index is 0.398. The lowest BCUT2D eigenvalue weighted by Gasteiger charge is -2.13. The van der Waals surface area contributed by atoms with Gasteiger partial charge in [0.05, 0.1) is 5.57 Å². The molecule has 0 saturated heterocycles. The number of fused-ring (bicyclic) bond motifs is 1. The number of allylic oxidation sites excluding steroid dienone is 1. The van der Waals surface area contributed by atoms with E-state index in [1.54, 1.807) is 6.20 Å². The van der Waals surface area contributed by atoms with Gasteiger partial charge >= 0.3 is 0 Å². The van der Waals surface area contributed by atoms with Gasteiger partial charge in [0.1, 0.15) is 5.65 Å². The molecular weight excluding hydrogens is 298 g/mol. The molecule has 0 aliphatic heterocycles. The summed E-state index contributed by atoms with van der Waals surface area (Å²) in [6.45, 7) is 2.14. The summed E-state index contributed by atoms with van der Waals surface area (Å²) in [6, 6.07) is 13.6. The second-order valence-electron chi connectivity index (χ2n) is 5.79. The molecule has 4 heteroatoms. The molecular formula is C20H21N3O. The maximum Gasteiger partial charge on any atom is 0.249 e. The van der Waals surface area contributed by atoms with Gasteiger partial charge in [0, 0.05) is 23.3 Å². The van der Waals surface area contributed by atoms with Crippen LogP contribution in [0.4, 0.5) is 0 Å². The Morgan fingerprint density at radius 2 is 1.96 bits per heavy atom. The fourth-order valence-electron chi connectivity index (χ4n) is 3.02. The number of H-pyrrole nitrogens is 1. The summed E-state index contributed by atoms with van der Waals surface area (Å²) in [5.74, 6) is -0.398. The number of amides is 1. The first-order valence-electron chi connectivity index (χ1n) is 8.23. The van der Waals surface area contributed by atoms with Crippen LogP contribution in [-0.4, -0.2) is 15.9 Å². The van der Waals surface area contributed by atoms with E-state index in [9.17, 15) is 4.79 Å². The van der Waals surface area contributed by atoms with Crippen LogP contribution in [0.3, 0.4) is 0 Å². The highest BCUT2D eigenvalue weighted by Gasteiger charge is 2.19. The number of hydrogen-bond acceptors (Lipinski definition) is 2. The molecule has 3 N–H and O–H groups in total. The number of rotatable bonds is 6. The lowest BCUT2D eigenvalue weighted by Crippen LogP contribution is -2.15. The topological polar surface area (TPSA) is 71.8 Å². The first kappa shape index (κ1) is 16.0. The summed E-state index contributed by atoms with van der Waals surface area (Å²) in [5, 5.41) is 1.01. The predicted molar refractivity (Wildman–Crippen MR) is 98.1 cm³/mol. The Balaban J connectivity index is 2.25. The van der Waals surface area contributed by atoms with E-state index in [4.69, 9.17) is 5.73 Å². The maximum atomic E-state index is 12.3. The summed E-state index contributed by atoms with van der Waals surface area (Å²) in [6.07, 6.45) is 6.51. The van der Waals surface area contributed by atoms with Crippen LogP contribution in [0, 0.1) is 0 Å². The Hall–Kier alpha value is -2.88. The third-order valence-electron chi connectivity index (χ3n) is 4.17. The van der Waals surface area contributed by atoms with Gasteiger partial charge in [-0.1, -0.05) is 43.7 Å². The number of nitrogens with one attached hydrogen (secondary N) is 1. The minimum atomic E-state index is -0.398. The molecule has 0 unspecified atom stereocenters. The number of aromatic amines is 1. The van der Waals surface area contributed by atoms with Gasteiger partial charge in [-0.05, 0) is 36.1 Å². The van der Waals surface area contributed by atoms with Crippen molar-refractivity contribution in [2.45, 2.75) is 26.2 Å². The van der Waals surface area contributed by atoms with Crippen LogP contribution in [-0.2, 0) is 4.79 Å². The van der Waals surface area contributed by atoms with E-state index >= 15 is 0 Å². The monoisotopic (exact) mass is 319 g/mol. The van der Waals surface area contributed by atoms with Crippen molar-refractivity contribution in [2.24, 2.45) is 5.73 Å². The Bertz CT molecular complexity index is 878. The van der Waals surface area contributed by atoms with Crippen LogP contribution in [0.15, 0.2) is 54.9 Å². The quantitative estimate of drug-likeness (QED) is 0.670. The van der Waals surface area contributed by atoms with Gasteiger partial charge < -0.3 is 10.7 Å². The Kier molecular flexibility index (Phi) is 4.75. The highest BCUT2D eigenvalue weighted by molar-refractivity contribution is 6.27. The molecule has 2 heterocycles. The predicted octanol–water partition coefficient (Wildman–Crippen LogP) is 4.15. The fourth-order valence-corrected chi connectivity index (χ4v) is 3.02. The molecule has 0 spiro atoms. The third-order valence-corrected chi connectivity index (χ3v) is 4.17. The number of benzene rings is 1. The molecule has 122 valence electrons. The van der Waals surface area contributed by atoms with Crippen molar-refractivity contribution in [3.8, 4) is 0 Å². The molecule has 0 saturated carbocycles. The van der Waals surface area contributed by atoms with E-state index in [1.807, 2.05) is 48.7 Å². The lowest BCUT2D eigenvalue weighted by atomic mass is 9.90. The van der Waals surface area contributed by atoms with Crippen LogP contribution in [0.2, 0.25) is 0 Å². The Labute approximate surface area is 141 Å². The average molecular weight is 319 g/mol. The van der Waals surface area contributed by atoms with Gasteiger partial charge in [0.25, 0.3) is 0 Å². The zero-order valence-electron chi connectivity index (χ0n) is 13.8. The van der Waals surface area contributed by atoms with Crippen molar-refractivity contribution in [1.82, 2.24) is 9.97 Å². The number of carbonyl (C=O) groups is 1. The van der Waals surface area contributed by atoms with Crippen LogP contribution in [0.5, 0.6) is 0 Å². The highest BCUT2D eigenvalue weighted by Crippen LogP contribution is 2.34. The van der Waals surface area contributed by atoms with Crippen LogP contribution < -0.4 is 5.73 Å². The van der Waals surface area contributed by atoms with Crippen LogP contribution in [0.25, 0.3) is 22.2 Å². The van der Waals surface area contributed by atoms with Gasteiger partial charge in [0.2, 0.25) is 5.91 Å². The number of aromatic nitrogens is 2. The second-order valence-corrected chi connectivity index (χ2v) is 5.79. The van der Waals surface area contributed by atoms with Crippen molar-refractivity contribution >= 4 is 28.1 Å². The smallest absolute Gasteiger partial charge is 0.249 e. The number of carbonyl (C=O) groups excluding carboxylic acids is 1. The molecule has 3 aromatic rings. The Morgan fingerprint density at radius 3 is 2.67 bits per heavy atom. The third kappa shape index (κ3) is 3.08. The number of unbranched alkanes of at least 4 members (excludes halogenated alkanes) is 1. The molecule has 0 radical (unpaired) electrons. The molecule has 0 aliphatic carbocycles. The largest absolute Gasteiger partial charge is 0.366 e. The van der Waals surface area contributed by atoms with Crippen LogP contribution >= 0.6 is 0 Å². The zero-order valence-corrected chi connectivity index (χ0v) is 13.8. The molecule has 0 fully saturated rings. The molecule has 4 nitrogen and oxygen atoms in total. The molecule has 0 aliphatic rings. The van der Waals surface area contributed by atoms with Crippen LogP contribution in [0.1, 0.15) is 37.3 Å². The summed E-state index contributed by atoms with van der Waals surface area (Å²) in [5.41, 5.74) is 10.0. The van der Waals surface area contributed by atoms with Crippen molar-refractivity contribution in [3.63, 3.8) is 0 Å². The van der Waals surface area contributed by atoms with Gasteiger partial charge in [0.15, 0.2) is 0 Å². The van der Waals surface area contributed by atoms with E-state index < -0.39 is 5.91 Å². The van der Waals surface area contributed by atoms with E-state index in [1.165, 1.54) is 0 Å². The standard InChI is InChI=1S/C20H21N3O/c1-2-3-10-15(17-13-23-20-16(17)11-7-12-22-20)18(19(21)24)14-8-5-4-6-9-14/h4-9,11-13H,2-3,10H2,1H3,(H2,21,24)(H,22,23). The van der Waals surface area contributed by atoms with E-state index in [2.05, 4.69) is 16.9 Å². The highest BCUT2D eigenvalue weighted by atomic mass is 16.1. The van der Waals surface area contributed by atoms with Gasteiger partial charge in [-0.3, -0.25) is 4.79 Å². The minimum Gasteiger partial charge on any atom is -0.366 e. The van der Waals surface area contributed by atoms with Crippen molar-refractivity contribution < 1.29 is 4.79 Å². The number of primary amides is 1. The maximum absolute atomic E-state index is 12.3. The molecule has 1 aromatic carbocycles. The number of nitrogens with two attached hydrogens (primary N) is 1. The van der Waals surface area contributed by atoms with E-state index in [0.717, 1.165) is 47.0 Å². The molecule has 24 heavy (non-hydrogen) atoms. The average Bonchev–Trinajstić information content (AvgIpc) is 3.03. The number of nitrogens with zero attached hydrogens (tertiary/aromatic N) is 1. The second kappa shape index (κ2) is 7.13. The van der Waals surface area contributed by atoms with Crippen molar-refractivity contribution in [3.05, 3.63) is 66.0 Å². The SMILES string of the molecule is CCCCC(=C(C(N)=O)c1ccccc1)c1c[nH]c2ncccc12. The number of hydrogen-bond donors (Lipinski definition) is 2. The summed E-state index contributed by atoms with van der Waals surface area (Å²) in [4.78, 5) is 19.8. The molecule has 0 bridgehead atoms. The van der Waals surface area contributed by atoms with E-state index in [0.29, 0.717) is 5.57 Å². The molecule has 1 amide bonds. The zero-order chi connectivity index (χ0) is 16.9. The normalized spacial score (nSPS) is 12.2. The first-order chi connectivity index (χ1) is 11.7. The molecule has 0 atom stereocenters. The lowest BCUT2D eigenvalue weighted by molar-refractivity contribution is -0.112. The summed E-state index contributed by atoms with van der Waals surface area (Å²) >= 11 is 0. The van der Waals surface area contributed by atoms with Gasteiger partial charge in [-0.2, -0.15) is 0 Å². The number of pyridine rings is 1. The van der Waals surface area contributed by atoms with Crippen molar-refractivity contribution in [1.29, 1.82) is 0 Å². The summed E-state index contributed by atoms with van der Waals surface area (Å²) in [7, 11) is 0. The fraction of sp³-hybridized carbons (Fsp3) is 0.200. The van der Waals surface area contributed by atoms with Crippen molar-refractivity contribution in [2.75, 3.05) is 0 Å².